The number of aryl methyl sites for hydroxylation is 1. The quantitative estimate of drug-likeness (QED) is 0.594. The van der Waals surface area contributed by atoms with Gasteiger partial charge in [-0.05, 0) is 30.7 Å². The van der Waals surface area contributed by atoms with Crippen molar-refractivity contribution in [2.45, 2.75) is 26.9 Å². The first kappa shape index (κ1) is 20.2. The summed E-state index contributed by atoms with van der Waals surface area (Å²) >= 11 is 0. The summed E-state index contributed by atoms with van der Waals surface area (Å²) in [5, 5.41) is 6.75. The molecule has 3 rings (SSSR count). The second kappa shape index (κ2) is 8.64. The van der Waals surface area contributed by atoms with E-state index in [1.165, 1.54) is 14.0 Å². The number of methoxy groups -OCH3 is 2. The lowest BCUT2D eigenvalue weighted by Crippen LogP contribution is -2.14. The van der Waals surface area contributed by atoms with Crippen molar-refractivity contribution >= 4 is 34.3 Å². The average Bonchev–Trinajstić information content (AvgIpc) is 3.04. The lowest BCUT2D eigenvalue weighted by molar-refractivity contribution is -0.114. The molecule has 3 aromatic rings. The number of nitrogens with one attached hydrogen (secondary N) is 2. The highest BCUT2D eigenvalue weighted by atomic mass is 16.5. The van der Waals surface area contributed by atoms with Gasteiger partial charge in [0.2, 0.25) is 5.91 Å². The van der Waals surface area contributed by atoms with Gasteiger partial charge in [0.15, 0.2) is 5.69 Å². The predicted octanol–water partition coefficient (Wildman–Crippen LogP) is 3.42. The van der Waals surface area contributed by atoms with Gasteiger partial charge in [-0.2, -0.15) is 0 Å². The molecule has 0 unspecified atom stereocenters. The number of nitrogens with zero attached hydrogens (tertiary/aromatic N) is 2. The molecular weight excluding hydrogens is 372 g/mol. The Balaban J connectivity index is 1.98. The number of amides is 1. The molecule has 0 fully saturated rings. The zero-order chi connectivity index (χ0) is 21.0. The molecule has 8 nitrogen and oxygen atoms in total. The van der Waals surface area contributed by atoms with Gasteiger partial charge < -0.3 is 24.7 Å². The van der Waals surface area contributed by atoms with E-state index in [1.54, 1.807) is 17.9 Å². The lowest BCUT2D eigenvalue weighted by atomic mass is 10.2. The fraction of sp³-hybridized carbons (Fsp3) is 0.286. The third-order valence-electron chi connectivity index (χ3n) is 4.55. The number of hydrogen-bond donors (Lipinski definition) is 2. The van der Waals surface area contributed by atoms with Gasteiger partial charge in [-0.15, -0.1) is 0 Å². The maximum absolute atomic E-state index is 12.4. The summed E-state index contributed by atoms with van der Waals surface area (Å²) in [6, 6.07) is 9.62. The molecule has 0 saturated carbocycles. The minimum atomic E-state index is -0.527. The second-order valence-corrected chi connectivity index (χ2v) is 6.44. The standard InChI is InChI=1S/C21H24N4O4/c1-5-25-19(21(27)29-4)18(24-13(2)26)17-10-15(12-23-20(17)25)22-11-14-6-8-16(28-3)9-7-14/h6-10,12,22H,5,11H2,1-4H3,(H,24,26). The van der Waals surface area contributed by atoms with Crippen LogP contribution >= 0.6 is 0 Å². The number of pyridine rings is 1. The van der Waals surface area contributed by atoms with Crippen LogP contribution in [0.4, 0.5) is 11.4 Å². The molecule has 0 atom stereocenters. The van der Waals surface area contributed by atoms with Crippen LogP contribution in [0.1, 0.15) is 29.9 Å². The first-order valence-electron chi connectivity index (χ1n) is 9.23. The number of hydrogen-bond acceptors (Lipinski definition) is 6. The molecule has 0 aliphatic carbocycles. The predicted molar refractivity (Wildman–Crippen MR) is 111 cm³/mol. The zero-order valence-corrected chi connectivity index (χ0v) is 16.9. The molecule has 0 spiro atoms. The summed E-state index contributed by atoms with van der Waals surface area (Å²) in [6.45, 7) is 4.40. The number of carbonyl (C=O) groups is 2. The lowest BCUT2D eigenvalue weighted by Gasteiger charge is -2.08. The Bertz CT molecular complexity index is 1040. The van der Waals surface area contributed by atoms with E-state index in [2.05, 4.69) is 15.6 Å². The number of rotatable bonds is 7. The van der Waals surface area contributed by atoms with Crippen LogP contribution in [0.2, 0.25) is 0 Å². The molecule has 0 radical (unpaired) electrons. The van der Waals surface area contributed by atoms with E-state index in [4.69, 9.17) is 9.47 Å². The Hall–Kier alpha value is -3.55. The number of ether oxygens (including phenoxy) is 2. The van der Waals surface area contributed by atoms with E-state index >= 15 is 0 Å². The second-order valence-electron chi connectivity index (χ2n) is 6.44. The molecule has 2 N–H and O–H groups in total. The first-order valence-corrected chi connectivity index (χ1v) is 9.23. The van der Waals surface area contributed by atoms with Gasteiger partial charge in [-0.25, -0.2) is 9.78 Å². The Labute approximate surface area is 168 Å². The fourth-order valence-electron chi connectivity index (χ4n) is 3.19. The highest BCUT2D eigenvalue weighted by Crippen LogP contribution is 2.32. The van der Waals surface area contributed by atoms with Crippen molar-refractivity contribution in [1.82, 2.24) is 9.55 Å². The SMILES string of the molecule is CCn1c(C(=O)OC)c(NC(C)=O)c2cc(NCc3ccc(OC)cc3)cnc21. The van der Waals surface area contributed by atoms with E-state index in [9.17, 15) is 9.59 Å². The summed E-state index contributed by atoms with van der Waals surface area (Å²) in [5.41, 5.74) is 3.13. The molecule has 0 aliphatic heterocycles. The summed E-state index contributed by atoms with van der Waals surface area (Å²) in [7, 11) is 2.94. The number of anilines is 2. The molecule has 29 heavy (non-hydrogen) atoms. The van der Waals surface area contributed by atoms with Crippen molar-refractivity contribution in [2.75, 3.05) is 24.9 Å². The van der Waals surface area contributed by atoms with Gasteiger partial charge in [0.25, 0.3) is 0 Å². The van der Waals surface area contributed by atoms with E-state index in [1.807, 2.05) is 37.3 Å². The smallest absolute Gasteiger partial charge is 0.356 e. The minimum absolute atomic E-state index is 0.276. The molecular formula is C21H24N4O4. The normalized spacial score (nSPS) is 10.6. The highest BCUT2D eigenvalue weighted by molar-refractivity contribution is 6.10. The van der Waals surface area contributed by atoms with E-state index in [0.29, 0.717) is 29.8 Å². The average molecular weight is 396 g/mol. The van der Waals surface area contributed by atoms with Crippen LogP contribution in [0.5, 0.6) is 5.75 Å². The summed E-state index contributed by atoms with van der Waals surface area (Å²) in [4.78, 5) is 28.6. The van der Waals surface area contributed by atoms with Crippen LogP contribution in [-0.2, 0) is 22.6 Å². The summed E-state index contributed by atoms with van der Waals surface area (Å²) in [5.74, 6) is -0.00345. The Kier molecular flexibility index (Phi) is 6.01. The monoisotopic (exact) mass is 396 g/mol. The van der Waals surface area contributed by atoms with Gasteiger partial charge in [-0.3, -0.25) is 4.79 Å². The molecule has 152 valence electrons. The van der Waals surface area contributed by atoms with Crippen LogP contribution in [0.15, 0.2) is 36.5 Å². The molecule has 8 heteroatoms. The number of carbonyl (C=O) groups excluding carboxylic acids is 2. The van der Waals surface area contributed by atoms with Crippen molar-refractivity contribution in [3.05, 3.63) is 47.8 Å². The van der Waals surface area contributed by atoms with Crippen molar-refractivity contribution in [2.24, 2.45) is 0 Å². The molecule has 1 amide bonds. The van der Waals surface area contributed by atoms with Gasteiger partial charge in [0.05, 0.1) is 31.8 Å². The highest BCUT2D eigenvalue weighted by Gasteiger charge is 2.24. The third kappa shape index (κ3) is 4.16. The van der Waals surface area contributed by atoms with Gasteiger partial charge >= 0.3 is 5.97 Å². The number of aromatic nitrogens is 2. The maximum Gasteiger partial charge on any atom is 0.356 e. The Morgan fingerprint density at radius 2 is 1.90 bits per heavy atom. The van der Waals surface area contributed by atoms with Crippen molar-refractivity contribution in [3.63, 3.8) is 0 Å². The van der Waals surface area contributed by atoms with Crippen LogP contribution in [-0.4, -0.2) is 35.6 Å². The molecule has 1 aromatic carbocycles. The van der Waals surface area contributed by atoms with Crippen LogP contribution in [0, 0.1) is 0 Å². The van der Waals surface area contributed by atoms with Crippen LogP contribution < -0.4 is 15.4 Å². The molecule has 2 aromatic heterocycles. The Morgan fingerprint density at radius 1 is 1.17 bits per heavy atom. The molecule has 0 bridgehead atoms. The van der Waals surface area contributed by atoms with Crippen molar-refractivity contribution in [1.29, 1.82) is 0 Å². The fourth-order valence-corrected chi connectivity index (χ4v) is 3.19. The first-order chi connectivity index (χ1) is 14.0. The van der Waals surface area contributed by atoms with E-state index in [0.717, 1.165) is 17.0 Å². The molecule has 0 saturated heterocycles. The topological polar surface area (TPSA) is 94.5 Å². The number of fused-ring (bicyclic) bond motifs is 1. The number of esters is 1. The van der Waals surface area contributed by atoms with Crippen molar-refractivity contribution < 1.29 is 19.1 Å². The largest absolute Gasteiger partial charge is 0.497 e. The third-order valence-corrected chi connectivity index (χ3v) is 4.55. The Morgan fingerprint density at radius 3 is 2.48 bits per heavy atom. The minimum Gasteiger partial charge on any atom is -0.497 e. The van der Waals surface area contributed by atoms with E-state index < -0.39 is 5.97 Å². The van der Waals surface area contributed by atoms with Gasteiger partial charge in [-0.1, -0.05) is 12.1 Å². The summed E-state index contributed by atoms with van der Waals surface area (Å²) in [6.07, 6.45) is 1.70. The van der Waals surface area contributed by atoms with E-state index in [-0.39, 0.29) is 11.6 Å². The van der Waals surface area contributed by atoms with Crippen LogP contribution in [0.3, 0.4) is 0 Å². The van der Waals surface area contributed by atoms with Crippen molar-refractivity contribution in [3.8, 4) is 5.75 Å². The zero-order valence-electron chi connectivity index (χ0n) is 16.9. The molecule has 2 heterocycles. The van der Waals surface area contributed by atoms with Crippen LogP contribution in [0.25, 0.3) is 11.0 Å². The van der Waals surface area contributed by atoms with Gasteiger partial charge in [0.1, 0.15) is 11.4 Å². The maximum atomic E-state index is 12.4. The van der Waals surface area contributed by atoms with Gasteiger partial charge in [0, 0.05) is 25.4 Å². The summed E-state index contributed by atoms with van der Waals surface area (Å²) < 4.78 is 11.8. The number of benzene rings is 1. The molecule has 0 aliphatic rings.